The van der Waals surface area contributed by atoms with Gasteiger partial charge in [0.15, 0.2) is 0 Å². The first-order valence-corrected chi connectivity index (χ1v) is 19.9. The lowest BCUT2D eigenvalue weighted by Gasteiger charge is -2.14. The Labute approximate surface area is 349 Å². The summed E-state index contributed by atoms with van der Waals surface area (Å²) in [5.74, 6) is 1.70. The van der Waals surface area contributed by atoms with Crippen LogP contribution in [0.25, 0.3) is 44.3 Å². The lowest BCUT2D eigenvalue weighted by molar-refractivity contribution is 0.352. The van der Waals surface area contributed by atoms with Gasteiger partial charge in [0.1, 0.15) is 16.8 Å². The average molecular weight is 839 g/mol. The maximum absolute atomic E-state index is 9.77. The Kier molecular flexibility index (Phi) is 15.6. The van der Waals surface area contributed by atoms with Gasteiger partial charge >= 0.3 is 0 Å². The van der Waals surface area contributed by atoms with Crippen LogP contribution >= 0.6 is 47.2 Å². The van der Waals surface area contributed by atoms with E-state index in [1.54, 1.807) is 18.2 Å². The number of aryl methyl sites for hydroxylation is 3. The summed E-state index contributed by atoms with van der Waals surface area (Å²) in [6, 6.07) is 18.7. The van der Waals surface area contributed by atoms with Gasteiger partial charge in [-0.2, -0.15) is 0 Å². The van der Waals surface area contributed by atoms with Crippen LogP contribution in [0, 0.1) is 20.8 Å². The number of phenolic OH excluding ortho intramolecular Hbond substituents is 1. The number of phenols is 1. The first kappa shape index (κ1) is 43.0. The predicted octanol–water partition coefficient (Wildman–Crippen LogP) is 9.15. The van der Waals surface area contributed by atoms with Gasteiger partial charge in [-0.15, -0.1) is 44.4 Å². The zero-order valence-electron chi connectivity index (χ0n) is 31.9. The number of nitrogen functional groups attached to an aromatic ring is 1. The first-order valence-electron chi connectivity index (χ1n) is 18.6. The van der Waals surface area contributed by atoms with E-state index in [1.165, 1.54) is 51.9 Å². The van der Waals surface area contributed by atoms with E-state index in [0.29, 0.717) is 27.0 Å². The third kappa shape index (κ3) is 11.3. The maximum Gasteiger partial charge on any atom is 0.243 e. The molecule has 0 spiro atoms. The van der Waals surface area contributed by atoms with Gasteiger partial charge in [-0.05, 0) is 149 Å². The molecule has 0 atom stereocenters. The monoisotopic (exact) mass is 836 g/mol. The topological polar surface area (TPSA) is 142 Å². The van der Waals surface area contributed by atoms with Crippen LogP contribution in [-0.4, -0.2) is 97.0 Å². The van der Waals surface area contributed by atoms with Gasteiger partial charge in [0.2, 0.25) is 11.9 Å². The number of anilines is 2. The zero-order chi connectivity index (χ0) is 38.9. The fraction of sp³-hybridized carbons (Fsp3) is 0.366. The molecule has 15 heteroatoms. The fourth-order valence-corrected chi connectivity index (χ4v) is 7.57. The van der Waals surface area contributed by atoms with Crippen LogP contribution in [0.3, 0.4) is 0 Å². The summed E-state index contributed by atoms with van der Waals surface area (Å²) in [7, 11) is 0. The maximum atomic E-state index is 9.77. The Morgan fingerprint density at radius 2 is 1.21 bits per heavy atom. The normalized spacial score (nSPS) is 14.2. The molecule has 0 saturated carbocycles. The van der Waals surface area contributed by atoms with E-state index in [9.17, 15) is 5.11 Å². The second-order valence-electron chi connectivity index (χ2n) is 14.0. The van der Waals surface area contributed by atoms with Crippen LogP contribution in [0.4, 0.5) is 11.9 Å². The molecule has 0 aliphatic carbocycles. The Hall–Kier alpha value is -4.10. The molecular weight excluding hydrogens is 790 g/mol. The van der Waals surface area contributed by atoms with Gasteiger partial charge in [-0.1, -0.05) is 34.8 Å². The number of aromatic nitrogens is 6. The van der Waals surface area contributed by atoms with Gasteiger partial charge in [0.25, 0.3) is 0 Å². The number of likely N-dealkylation sites (tertiary alicyclic amines) is 2. The van der Waals surface area contributed by atoms with E-state index in [2.05, 4.69) is 51.5 Å². The Bertz CT molecular complexity index is 2250. The predicted molar refractivity (Wildman–Crippen MR) is 234 cm³/mol. The van der Waals surface area contributed by atoms with Crippen LogP contribution in [0.1, 0.15) is 42.4 Å². The Morgan fingerprint density at radius 3 is 1.82 bits per heavy atom. The van der Waals surface area contributed by atoms with Gasteiger partial charge in [-0.3, -0.25) is 0 Å². The van der Waals surface area contributed by atoms with Crippen molar-refractivity contribution in [1.82, 2.24) is 40.2 Å². The van der Waals surface area contributed by atoms with Crippen molar-refractivity contribution in [2.45, 2.75) is 46.5 Å². The minimum absolute atomic E-state index is 0. The average Bonchev–Trinajstić information content (AvgIpc) is 3.90. The molecular formula is C41H48Cl4N10O. The second kappa shape index (κ2) is 20.4. The molecule has 296 valence electrons. The summed E-state index contributed by atoms with van der Waals surface area (Å²) in [6.45, 7) is 13.8. The quantitative estimate of drug-likeness (QED) is 0.126. The lowest BCUT2D eigenvalue weighted by Crippen LogP contribution is -2.26. The van der Waals surface area contributed by atoms with Crippen molar-refractivity contribution in [3.05, 3.63) is 87.4 Å². The highest BCUT2D eigenvalue weighted by atomic mass is 35.5. The van der Waals surface area contributed by atoms with Gasteiger partial charge in [0, 0.05) is 46.7 Å². The van der Waals surface area contributed by atoms with Crippen LogP contribution in [0.15, 0.2) is 60.7 Å². The molecule has 8 rings (SSSR count). The SMILES string of the molecule is Cc1cc(-c2cc(O)ccc2Cl)cc2nnc(NCCN3CCCC3)nc12.Cc1ccc(Cl)c(-c2cc(C)c3nc(N)nnc3c2)c1.Cl.ClCCN1CCCC1. The molecule has 4 aromatic carbocycles. The van der Waals surface area contributed by atoms with Crippen molar-refractivity contribution in [3.8, 4) is 28.0 Å². The van der Waals surface area contributed by atoms with E-state index in [-0.39, 0.29) is 24.1 Å². The number of hydrogen-bond acceptors (Lipinski definition) is 11. The smallest absolute Gasteiger partial charge is 0.243 e. The van der Waals surface area contributed by atoms with E-state index >= 15 is 0 Å². The van der Waals surface area contributed by atoms with Crippen LogP contribution in [0.5, 0.6) is 5.75 Å². The molecule has 0 unspecified atom stereocenters. The molecule has 6 aromatic rings. The van der Waals surface area contributed by atoms with Gasteiger partial charge in [0.05, 0.1) is 11.0 Å². The van der Waals surface area contributed by atoms with Gasteiger partial charge < -0.3 is 26.0 Å². The summed E-state index contributed by atoms with van der Waals surface area (Å²) in [5.41, 5.74) is 15.3. The number of nitrogens with two attached hydrogens (primary N) is 1. The largest absolute Gasteiger partial charge is 0.508 e. The molecule has 56 heavy (non-hydrogen) atoms. The van der Waals surface area contributed by atoms with E-state index in [1.807, 2.05) is 57.2 Å². The number of rotatable bonds is 8. The third-order valence-corrected chi connectivity index (χ3v) is 10.5. The zero-order valence-corrected chi connectivity index (χ0v) is 35.0. The minimum Gasteiger partial charge on any atom is -0.508 e. The molecule has 0 amide bonds. The van der Waals surface area contributed by atoms with Crippen molar-refractivity contribution >= 4 is 81.2 Å². The molecule has 2 aromatic heterocycles. The number of fused-ring (bicyclic) bond motifs is 2. The second-order valence-corrected chi connectivity index (χ2v) is 15.2. The fourth-order valence-electron chi connectivity index (χ4n) is 6.88. The van der Waals surface area contributed by atoms with E-state index < -0.39 is 0 Å². The summed E-state index contributed by atoms with van der Waals surface area (Å²) in [5, 5.41) is 30.8. The standard InChI is InChI=1S/C20H22ClN5O.C15H13ClN4.C6H12ClN.ClH/c1-13-10-14(16-12-15(27)4-5-17(16)21)11-18-19(13)23-20(25-24-18)22-6-9-26-7-2-3-8-26;1-8-3-4-12(16)11(5-8)10-6-9(2)14-13(7-10)19-20-15(17)18-14;7-3-6-8-4-1-2-5-8;/h4-5,10-12,27H,2-3,6-9H2,1H3,(H,22,23,25);3-7H,1-2H3,(H2,17,18,20);1-6H2;1H. The summed E-state index contributed by atoms with van der Waals surface area (Å²) in [4.78, 5) is 13.7. The summed E-state index contributed by atoms with van der Waals surface area (Å²) in [6.07, 6.45) is 5.32. The number of aromatic hydroxyl groups is 1. The van der Waals surface area contributed by atoms with Crippen molar-refractivity contribution in [2.24, 2.45) is 0 Å². The Morgan fingerprint density at radius 1 is 0.679 bits per heavy atom. The molecule has 4 heterocycles. The van der Waals surface area contributed by atoms with Crippen LogP contribution in [0.2, 0.25) is 10.0 Å². The van der Waals surface area contributed by atoms with E-state index in [0.717, 1.165) is 75.5 Å². The lowest BCUT2D eigenvalue weighted by atomic mass is 10.0. The van der Waals surface area contributed by atoms with Gasteiger partial charge in [-0.25, -0.2) is 9.97 Å². The number of hydrogen-bond donors (Lipinski definition) is 3. The van der Waals surface area contributed by atoms with Crippen molar-refractivity contribution in [3.63, 3.8) is 0 Å². The molecule has 0 radical (unpaired) electrons. The number of alkyl halides is 1. The van der Waals surface area contributed by atoms with Crippen LogP contribution in [-0.2, 0) is 0 Å². The van der Waals surface area contributed by atoms with Crippen molar-refractivity contribution < 1.29 is 5.11 Å². The summed E-state index contributed by atoms with van der Waals surface area (Å²) >= 11 is 18.1. The molecule has 2 aliphatic heterocycles. The highest BCUT2D eigenvalue weighted by Gasteiger charge is 2.14. The highest BCUT2D eigenvalue weighted by molar-refractivity contribution is 6.33. The molecule has 2 fully saturated rings. The molecule has 2 aliphatic rings. The van der Waals surface area contributed by atoms with Crippen molar-refractivity contribution in [2.75, 3.05) is 62.7 Å². The number of nitrogens with zero attached hydrogens (tertiary/aromatic N) is 8. The van der Waals surface area contributed by atoms with Crippen molar-refractivity contribution in [1.29, 1.82) is 0 Å². The molecule has 11 nitrogen and oxygen atoms in total. The summed E-state index contributed by atoms with van der Waals surface area (Å²) < 4.78 is 0. The molecule has 0 bridgehead atoms. The molecule has 2 saturated heterocycles. The highest BCUT2D eigenvalue weighted by Crippen LogP contribution is 2.34. The third-order valence-electron chi connectivity index (χ3n) is 9.72. The Balaban J connectivity index is 0.000000181. The minimum atomic E-state index is 0. The number of halogens is 4. The first-order chi connectivity index (χ1) is 26.6. The molecule has 4 N–H and O–H groups in total. The van der Waals surface area contributed by atoms with E-state index in [4.69, 9.17) is 40.5 Å². The number of nitrogens with one attached hydrogen (secondary N) is 1. The number of benzene rings is 4. The van der Waals surface area contributed by atoms with Crippen LogP contribution < -0.4 is 11.1 Å².